The summed E-state index contributed by atoms with van der Waals surface area (Å²) in [7, 11) is 0. The van der Waals surface area contributed by atoms with E-state index in [0.717, 1.165) is 6.29 Å². The second kappa shape index (κ2) is 11.0. The number of aldehydes is 1. The third-order valence-electron chi connectivity index (χ3n) is 4.59. The largest absolute Gasteiger partial charge is 0.444 e. The summed E-state index contributed by atoms with van der Waals surface area (Å²) in [5.41, 5.74) is -0.0229. The maximum atomic E-state index is 12.7. The Morgan fingerprint density at radius 1 is 0.697 bits per heavy atom. The molecule has 7 heteroatoms. The molecule has 2 aromatic rings. The molecule has 178 valence electrons. The van der Waals surface area contributed by atoms with E-state index in [-0.39, 0.29) is 0 Å². The summed E-state index contributed by atoms with van der Waals surface area (Å²) in [6, 6.07) is 16.7. The number of carbonyl (C=O) groups is 3. The van der Waals surface area contributed by atoms with Crippen molar-refractivity contribution in [2.75, 3.05) is 0 Å². The van der Waals surface area contributed by atoms with Gasteiger partial charge in [0, 0.05) is 0 Å². The quantitative estimate of drug-likeness (QED) is 0.551. The van der Waals surface area contributed by atoms with Crippen LogP contribution in [0.3, 0.4) is 0 Å². The number of ether oxygens (including phenoxy) is 2. The summed E-state index contributed by atoms with van der Waals surface area (Å²) in [6.45, 7) is 10.6. The number of hydrogen-bond donors (Lipinski definition) is 2. The number of benzene rings is 2. The van der Waals surface area contributed by atoms with Gasteiger partial charge in [-0.25, -0.2) is 9.59 Å². The summed E-state index contributed by atoms with van der Waals surface area (Å²) < 4.78 is 10.9. The van der Waals surface area contributed by atoms with Gasteiger partial charge in [-0.1, -0.05) is 60.7 Å². The Labute approximate surface area is 195 Å². The molecule has 2 unspecified atom stereocenters. The van der Waals surface area contributed by atoms with Crippen LogP contribution in [0.15, 0.2) is 60.7 Å². The predicted octanol–water partition coefficient (Wildman–Crippen LogP) is 5.33. The van der Waals surface area contributed by atoms with E-state index in [2.05, 4.69) is 10.6 Å². The average Bonchev–Trinajstić information content (AvgIpc) is 2.71. The molecule has 0 aliphatic rings. The van der Waals surface area contributed by atoms with Crippen LogP contribution in [0.4, 0.5) is 9.59 Å². The van der Waals surface area contributed by atoms with Gasteiger partial charge < -0.3 is 24.9 Å². The minimum absolute atomic E-state index is 0.660. The summed E-state index contributed by atoms with van der Waals surface area (Å²) in [4.78, 5) is 37.8. The maximum absolute atomic E-state index is 12.7. The highest BCUT2D eigenvalue weighted by atomic mass is 16.6. The van der Waals surface area contributed by atoms with Crippen LogP contribution in [0.1, 0.15) is 64.8 Å². The fourth-order valence-corrected chi connectivity index (χ4v) is 3.34. The molecule has 2 rings (SSSR count). The van der Waals surface area contributed by atoms with Gasteiger partial charge in [0.15, 0.2) is 0 Å². The van der Waals surface area contributed by atoms with Crippen molar-refractivity contribution in [3.8, 4) is 0 Å². The molecule has 0 saturated carbocycles. The summed E-state index contributed by atoms with van der Waals surface area (Å²) in [5, 5.41) is 5.66. The van der Waals surface area contributed by atoms with Crippen molar-refractivity contribution in [2.45, 2.75) is 64.8 Å². The molecule has 2 amide bonds. The number of hydrogen-bond acceptors (Lipinski definition) is 5. The fraction of sp³-hybridized carbons (Fsp3) is 0.423. The Balaban J connectivity index is 2.47. The summed E-state index contributed by atoms with van der Waals surface area (Å²) >= 11 is 0. The van der Waals surface area contributed by atoms with E-state index < -0.39 is 41.4 Å². The molecule has 0 bridgehead atoms. The SMILES string of the molecule is CC(C)(C)OC(=O)NC(c1ccccc1)C(C=O)C(NC(=O)OC(C)(C)C)c1ccccc1. The van der Waals surface area contributed by atoms with Crippen LogP contribution in [0, 0.1) is 5.92 Å². The normalized spacial score (nSPS) is 14.4. The smallest absolute Gasteiger partial charge is 0.408 e. The Hall–Kier alpha value is -3.35. The van der Waals surface area contributed by atoms with Crippen molar-refractivity contribution in [2.24, 2.45) is 5.92 Å². The Morgan fingerprint density at radius 3 is 1.30 bits per heavy atom. The van der Waals surface area contributed by atoms with Crippen LogP contribution in [-0.2, 0) is 14.3 Å². The lowest BCUT2D eigenvalue weighted by molar-refractivity contribution is -0.112. The Morgan fingerprint density at radius 2 is 1.03 bits per heavy atom. The van der Waals surface area contributed by atoms with Crippen molar-refractivity contribution in [1.29, 1.82) is 0 Å². The number of nitrogens with one attached hydrogen (secondary N) is 2. The molecule has 2 aromatic carbocycles. The lowest BCUT2D eigenvalue weighted by Gasteiger charge is -2.33. The Bertz CT molecular complexity index is 844. The zero-order valence-electron chi connectivity index (χ0n) is 20.1. The molecule has 0 spiro atoms. The highest BCUT2D eigenvalue weighted by Crippen LogP contribution is 2.32. The van der Waals surface area contributed by atoms with Crippen LogP contribution in [0.25, 0.3) is 0 Å². The fourth-order valence-electron chi connectivity index (χ4n) is 3.34. The van der Waals surface area contributed by atoms with Crippen molar-refractivity contribution in [3.63, 3.8) is 0 Å². The molecule has 2 atom stereocenters. The third kappa shape index (κ3) is 8.60. The van der Waals surface area contributed by atoms with Crippen molar-refractivity contribution in [3.05, 3.63) is 71.8 Å². The standard InChI is InChI=1S/C26H34N2O5/c1-25(2,3)32-23(30)27-21(18-13-9-7-10-14-18)20(17-29)22(19-15-11-8-12-16-19)28-24(31)33-26(4,5)6/h7-17,20-22H,1-6H3,(H,27,30)(H,28,31). The lowest BCUT2D eigenvalue weighted by atomic mass is 9.84. The van der Waals surface area contributed by atoms with Crippen LogP contribution in [0.2, 0.25) is 0 Å². The van der Waals surface area contributed by atoms with Gasteiger partial charge in [-0.2, -0.15) is 0 Å². The van der Waals surface area contributed by atoms with Crippen LogP contribution >= 0.6 is 0 Å². The molecule has 0 heterocycles. The topological polar surface area (TPSA) is 93.7 Å². The Kier molecular flexibility index (Phi) is 8.63. The first-order valence-corrected chi connectivity index (χ1v) is 10.9. The number of alkyl carbamates (subject to hydrolysis) is 2. The van der Waals surface area contributed by atoms with Gasteiger partial charge >= 0.3 is 12.2 Å². The minimum Gasteiger partial charge on any atom is -0.444 e. The second-order valence-electron chi connectivity index (χ2n) is 9.78. The van der Waals surface area contributed by atoms with E-state index in [1.807, 2.05) is 60.7 Å². The van der Waals surface area contributed by atoms with Gasteiger partial charge in [0.05, 0.1) is 18.0 Å². The van der Waals surface area contributed by atoms with Crippen molar-refractivity contribution < 1.29 is 23.9 Å². The molecule has 7 nitrogen and oxygen atoms in total. The van der Waals surface area contributed by atoms with Crippen LogP contribution < -0.4 is 10.6 Å². The summed E-state index contributed by atoms with van der Waals surface area (Å²) in [6.07, 6.45) is -0.580. The van der Waals surface area contributed by atoms with E-state index in [1.165, 1.54) is 0 Å². The first-order valence-electron chi connectivity index (χ1n) is 10.9. The zero-order chi connectivity index (χ0) is 24.6. The molecular formula is C26H34N2O5. The van der Waals surface area contributed by atoms with Crippen LogP contribution in [0.5, 0.6) is 0 Å². The van der Waals surface area contributed by atoms with Gasteiger partial charge in [-0.15, -0.1) is 0 Å². The molecule has 2 N–H and O–H groups in total. The second-order valence-corrected chi connectivity index (χ2v) is 9.78. The third-order valence-corrected chi connectivity index (χ3v) is 4.59. The molecule has 0 aliphatic heterocycles. The minimum atomic E-state index is -0.852. The van der Waals surface area contributed by atoms with Crippen molar-refractivity contribution in [1.82, 2.24) is 10.6 Å². The van der Waals surface area contributed by atoms with Crippen LogP contribution in [-0.4, -0.2) is 29.7 Å². The molecule has 33 heavy (non-hydrogen) atoms. The van der Waals surface area contributed by atoms with Gasteiger partial charge in [0.1, 0.15) is 17.5 Å². The van der Waals surface area contributed by atoms with Gasteiger partial charge in [-0.3, -0.25) is 0 Å². The van der Waals surface area contributed by atoms with Crippen molar-refractivity contribution >= 4 is 18.5 Å². The average molecular weight is 455 g/mol. The summed E-state index contributed by atoms with van der Waals surface area (Å²) in [5.74, 6) is -0.852. The molecular weight excluding hydrogens is 420 g/mol. The van der Waals surface area contributed by atoms with E-state index in [9.17, 15) is 14.4 Å². The lowest BCUT2D eigenvalue weighted by Crippen LogP contribution is -2.44. The van der Waals surface area contributed by atoms with E-state index in [1.54, 1.807) is 41.5 Å². The van der Waals surface area contributed by atoms with Gasteiger partial charge in [0.25, 0.3) is 0 Å². The van der Waals surface area contributed by atoms with Gasteiger partial charge in [0.2, 0.25) is 0 Å². The zero-order valence-corrected chi connectivity index (χ0v) is 20.1. The van der Waals surface area contributed by atoms with E-state index in [0.29, 0.717) is 11.1 Å². The van der Waals surface area contributed by atoms with E-state index >= 15 is 0 Å². The molecule has 0 fully saturated rings. The predicted molar refractivity (Wildman–Crippen MR) is 127 cm³/mol. The molecule has 0 aromatic heterocycles. The first-order chi connectivity index (χ1) is 15.4. The monoisotopic (exact) mass is 454 g/mol. The first kappa shape index (κ1) is 25.9. The number of rotatable bonds is 7. The number of carbonyl (C=O) groups excluding carboxylic acids is 3. The molecule has 0 radical (unpaired) electrons. The molecule has 0 aliphatic carbocycles. The number of amides is 2. The van der Waals surface area contributed by atoms with Gasteiger partial charge in [-0.05, 0) is 52.7 Å². The van der Waals surface area contributed by atoms with E-state index in [4.69, 9.17) is 9.47 Å². The highest BCUT2D eigenvalue weighted by Gasteiger charge is 2.35. The maximum Gasteiger partial charge on any atom is 0.408 e. The molecule has 0 saturated heterocycles. The highest BCUT2D eigenvalue weighted by molar-refractivity contribution is 5.72.